The molecule has 5 heteroatoms. The Labute approximate surface area is 109 Å². The van der Waals surface area contributed by atoms with Crippen LogP contribution >= 0.6 is 0 Å². The summed E-state index contributed by atoms with van der Waals surface area (Å²) < 4.78 is 6.55. The summed E-state index contributed by atoms with van der Waals surface area (Å²) in [5.41, 5.74) is 3.38. The molecule has 0 saturated carbocycles. The molecular weight excluding hydrogens is 230 g/mol. The summed E-state index contributed by atoms with van der Waals surface area (Å²) in [5, 5.41) is 7.80. The first-order valence-corrected chi connectivity index (χ1v) is 6.19. The molecular formula is C13H23N3O2. The fraction of sp³-hybridized carbons (Fsp3) is 0.692. The van der Waals surface area contributed by atoms with Gasteiger partial charge in [-0.25, -0.2) is 0 Å². The molecule has 1 aromatic rings. The lowest BCUT2D eigenvalue weighted by molar-refractivity contribution is -0.141. The molecule has 0 aliphatic rings. The molecule has 0 fully saturated rings. The normalized spacial score (nSPS) is 14.3. The number of hydrogen-bond donors (Lipinski definition) is 1. The van der Waals surface area contributed by atoms with Crippen LogP contribution in [0, 0.1) is 13.8 Å². The van der Waals surface area contributed by atoms with E-state index in [1.165, 1.54) is 12.7 Å². The van der Waals surface area contributed by atoms with Crippen LogP contribution in [0.4, 0.5) is 0 Å². The second-order valence-corrected chi connectivity index (χ2v) is 4.78. The maximum absolute atomic E-state index is 11.2. The molecule has 1 rings (SSSR count). The van der Waals surface area contributed by atoms with Gasteiger partial charge in [-0.2, -0.15) is 5.10 Å². The number of nitrogens with zero attached hydrogens (tertiary/aromatic N) is 2. The quantitative estimate of drug-likeness (QED) is 0.810. The van der Waals surface area contributed by atoms with Gasteiger partial charge in [-0.05, 0) is 27.7 Å². The van der Waals surface area contributed by atoms with Crippen molar-refractivity contribution in [1.82, 2.24) is 15.1 Å². The molecule has 0 aliphatic carbocycles. The molecule has 18 heavy (non-hydrogen) atoms. The number of aromatic nitrogens is 2. The van der Waals surface area contributed by atoms with Crippen LogP contribution in [0.3, 0.4) is 0 Å². The van der Waals surface area contributed by atoms with E-state index in [1.54, 1.807) is 0 Å². The Morgan fingerprint density at radius 3 is 2.50 bits per heavy atom. The Kier molecular flexibility index (Phi) is 4.90. The number of esters is 1. The van der Waals surface area contributed by atoms with E-state index in [1.807, 2.05) is 25.6 Å². The van der Waals surface area contributed by atoms with Crippen LogP contribution in [-0.4, -0.2) is 28.9 Å². The maximum Gasteiger partial charge on any atom is 0.307 e. The number of aryl methyl sites for hydroxylation is 2. The van der Waals surface area contributed by atoms with E-state index in [4.69, 9.17) is 0 Å². The van der Waals surface area contributed by atoms with Crippen LogP contribution in [0.5, 0.6) is 0 Å². The van der Waals surface area contributed by atoms with Crippen LogP contribution in [-0.2, 0) is 16.6 Å². The molecule has 0 aromatic carbocycles. The minimum absolute atomic E-state index is 0.0754. The Bertz CT molecular complexity index is 426. The largest absolute Gasteiger partial charge is 0.469 e. The van der Waals surface area contributed by atoms with Gasteiger partial charge < -0.3 is 10.1 Å². The van der Waals surface area contributed by atoms with Gasteiger partial charge in [-0.3, -0.25) is 9.48 Å². The lowest BCUT2D eigenvalue weighted by atomic mass is 10.1. The summed E-state index contributed by atoms with van der Waals surface area (Å²) in [6.07, 6.45) is 0.374. The average Bonchev–Trinajstić information content (AvgIpc) is 2.52. The summed E-state index contributed by atoms with van der Waals surface area (Å²) in [5.74, 6) is -0.193. The second kappa shape index (κ2) is 6.00. The van der Waals surface area contributed by atoms with Crippen molar-refractivity contribution in [2.24, 2.45) is 7.05 Å². The molecule has 0 spiro atoms. The summed E-state index contributed by atoms with van der Waals surface area (Å²) in [6, 6.07) is 0.241. The zero-order valence-corrected chi connectivity index (χ0v) is 12.1. The summed E-state index contributed by atoms with van der Waals surface area (Å²) in [6.45, 7) is 8.13. The van der Waals surface area contributed by atoms with Gasteiger partial charge >= 0.3 is 5.97 Å². The second-order valence-electron chi connectivity index (χ2n) is 4.78. The minimum Gasteiger partial charge on any atom is -0.469 e. The van der Waals surface area contributed by atoms with E-state index in [0.29, 0.717) is 6.42 Å². The molecule has 0 saturated heterocycles. The van der Waals surface area contributed by atoms with E-state index >= 15 is 0 Å². The number of carbonyl (C=O) groups excluding carboxylic acids is 1. The minimum atomic E-state index is -0.193. The fourth-order valence-corrected chi connectivity index (χ4v) is 2.32. The van der Waals surface area contributed by atoms with E-state index in [2.05, 4.69) is 29.0 Å². The van der Waals surface area contributed by atoms with Crippen molar-refractivity contribution in [2.45, 2.75) is 46.2 Å². The van der Waals surface area contributed by atoms with E-state index in [9.17, 15) is 4.79 Å². The van der Waals surface area contributed by atoms with Gasteiger partial charge in [0.1, 0.15) is 0 Å². The molecule has 102 valence electrons. The Balaban J connectivity index is 2.70. The number of hydrogen-bond acceptors (Lipinski definition) is 4. The zero-order valence-electron chi connectivity index (χ0n) is 12.1. The van der Waals surface area contributed by atoms with Gasteiger partial charge in [-0.15, -0.1) is 0 Å². The lowest BCUT2D eigenvalue weighted by Gasteiger charge is -2.19. The number of ether oxygens (including phenoxy) is 1. The number of rotatable bonds is 5. The topological polar surface area (TPSA) is 56.1 Å². The Hall–Kier alpha value is -1.36. The van der Waals surface area contributed by atoms with Crippen molar-refractivity contribution < 1.29 is 9.53 Å². The highest BCUT2D eigenvalue weighted by Gasteiger charge is 2.19. The van der Waals surface area contributed by atoms with Crippen molar-refractivity contribution in [3.63, 3.8) is 0 Å². The SMILES string of the molecule is COC(=O)CC(C)NC(C)c1c(C)nn(C)c1C. The molecule has 1 aromatic heterocycles. The predicted molar refractivity (Wildman–Crippen MR) is 70.3 cm³/mol. The molecule has 0 bridgehead atoms. The molecule has 0 aliphatic heterocycles. The average molecular weight is 253 g/mol. The first-order valence-electron chi connectivity index (χ1n) is 6.19. The Morgan fingerprint density at radius 1 is 1.44 bits per heavy atom. The van der Waals surface area contributed by atoms with Crippen molar-refractivity contribution in [3.8, 4) is 0 Å². The molecule has 0 amide bonds. The highest BCUT2D eigenvalue weighted by Crippen LogP contribution is 2.21. The molecule has 2 atom stereocenters. The van der Waals surface area contributed by atoms with Crippen molar-refractivity contribution >= 4 is 5.97 Å². The van der Waals surface area contributed by atoms with Crippen LogP contribution < -0.4 is 5.32 Å². The van der Waals surface area contributed by atoms with E-state index in [-0.39, 0.29) is 18.1 Å². The fourth-order valence-electron chi connectivity index (χ4n) is 2.32. The monoisotopic (exact) mass is 253 g/mol. The summed E-state index contributed by atoms with van der Waals surface area (Å²) in [7, 11) is 3.35. The van der Waals surface area contributed by atoms with Crippen LogP contribution in [0.1, 0.15) is 43.3 Å². The number of nitrogens with one attached hydrogen (secondary N) is 1. The van der Waals surface area contributed by atoms with Gasteiger partial charge in [0.05, 0.1) is 19.2 Å². The van der Waals surface area contributed by atoms with Gasteiger partial charge in [0.15, 0.2) is 0 Å². The zero-order chi connectivity index (χ0) is 13.9. The third kappa shape index (κ3) is 3.32. The smallest absolute Gasteiger partial charge is 0.307 e. The van der Waals surface area contributed by atoms with E-state index in [0.717, 1.165) is 11.4 Å². The summed E-state index contributed by atoms with van der Waals surface area (Å²) >= 11 is 0. The first-order chi connectivity index (χ1) is 8.36. The molecule has 0 radical (unpaired) electrons. The van der Waals surface area contributed by atoms with Crippen LogP contribution in [0.25, 0.3) is 0 Å². The van der Waals surface area contributed by atoms with Crippen LogP contribution in [0.15, 0.2) is 0 Å². The van der Waals surface area contributed by atoms with Crippen LogP contribution in [0.2, 0.25) is 0 Å². The highest BCUT2D eigenvalue weighted by molar-refractivity contribution is 5.69. The third-order valence-electron chi connectivity index (χ3n) is 3.23. The highest BCUT2D eigenvalue weighted by atomic mass is 16.5. The van der Waals surface area contributed by atoms with Gasteiger partial charge in [-0.1, -0.05) is 0 Å². The van der Waals surface area contributed by atoms with Crippen molar-refractivity contribution in [2.75, 3.05) is 7.11 Å². The lowest BCUT2D eigenvalue weighted by Crippen LogP contribution is -2.31. The van der Waals surface area contributed by atoms with Crippen molar-refractivity contribution in [3.05, 3.63) is 17.0 Å². The third-order valence-corrected chi connectivity index (χ3v) is 3.23. The maximum atomic E-state index is 11.2. The first kappa shape index (κ1) is 14.7. The Morgan fingerprint density at radius 2 is 2.06 bits per heavy atom. The summed E-state index contributed by atoms with van der Waals surface area (Å²) in [4.78, 5) is 11.2. The van der Waals surface area contributed by atoms with Crippen molar-refractivity contribution in [1.29, 1.82) is 0 Å². The molecule has 2 unspecified atom stereocenters. The standard InChI is InChI=1S/C13H23N3O2/c1-8(7-12(17)18-6)14-9(2)13-10(3)15-16(5)11(13)4/h8-9,14H,7H2,1-6H3. The van der Waals surface area contributed by atoms with Gasteiger partial charge in [0, 0.05) is 30.4 Å². The molecule has 1 N–H and O–H groups in total. The number of methoxy groups -OCH3 is 1. The number of carbonyl (C=O) groups is 1. The van der Waals surface area contributed by atoms with E-state index < -0.39 is 0 Å². The molecule has 5 nitrogen and oxygen atoms in total. The predicted octanol–water partition coefficient (Wildman–Crippen LogP) is 1.64. The van der Waals surface area contributed by atoms with Gasteiger partial charge in [0.2, 0.25) is 0 Å². The molecule has 1 heterocycles. The van der Waals surface area contributed by atoms with Gasteiger partial charge in [0.25, 0.3) is 0 Å².